The van der Waals surface area contributed by atoms with Gasteiger partial charge in [-0.05, 0) is 31.9 Å². The maximum Gasteiger partial charge on any atom is 0.242 e. The van der Waals surface area contributed by atoms with Gasteiger partial charge in [-0.2, -0.15) is 0 Å². The van der Waals surface area contributed by atoms with Crippen LogP contribution in [0.3, 0.4) is 0 Å². The summed E-state index contributed by atoms with van der Waals surface area (Å²) in [6.45, 7) is 5.04. The smallest absolute Gasteiger partial charge is 0.242 e. The standard InChI is InChI=1S/C17H29N7O3S/c1-2-20-17(23-14-5-10-24(11-6-14)13-16(18)25)21-8-9-22-28(26,27)15-4-3-7-19-12-15/h3-4,7,12,14,22H,2,5-6,8-11,13H2,1H3,(H2,18,25)(H2,20,21,23). The van der Waals surface area contributed by atoms with E-state index in [0.717, 1.165) is 25.9 Å². The van der Waals surface area contributed by atoms with Crippen molar-refractivity contribution in [2.24, 2.45) is 10.7 Å². The van der Waals surface area contributed by atoms with Crippen molar-refractivity contribution in [3.8, 4) is 0 Å². The summed E-state index contributed by atoms with van der Waals surface area (Å²) in [5.74, 6) is 0.339. The number of primary amides is 1. The van der Waals surface area contributed by atoms with Gasteiger partial charge in [-0.25, -0.2) is 13.1 Å². The predicted molar refractivity (Wildman–Crippen MR) is 107 cm³/mol. The van der Waals surface area contributed by atoms with Gasteiger partial charge >= 0.3 is 0 Å². The fourth-order valence-electron chi connectivity index (χ4n) is 2.91. The molecule has 0 aromatic carbocycles. The van der Waals surface area contributed by atoms with E-state index in [0.29, 0.717) is 19.0 Å². The summed E-state index contributed by atoms with van der Waals surface area (Å²) >= 11 is 0. The topological polar surface area (TPSA) is 142 Å². The van der Waals surface area contributed by atoms with E-state index in [-0.39, 0.29) is 29.9 Å². The maximum atomic E-state index is 12.2. The summed E-state index contributed by atoms with van der Waals surface area (Å²) in [7, 11) is -3.58. The first-order valence-electron chi connectivity index (χ1n) is 9.36. The van der Waals surface area contributed by atoms with Gasteiger partial charge in [0.05, 0.1) is 13.1 Å². The maximum absolute atomic E-state index is 12.2. The zero-order chi connectivity index (χ0) is 20.4. The highest BCUT2D eigenvalue weighted by atomic mass is 32.2. The number of nitrogens with zero attached hydrogens (tertiary/aromatic N) is 3. The number of hydrogen-bond acceptors (Lipinski definition) is 6. The highest BCUT2D eigenvalue weighted by molar-refractivity contribution is 7.89. The molecule has 1 saturated heterocycles. The van der Waals surface area contributed by atoms with Crippen LogP contribution in [-0.2, 0) is 14.8 Å². The molecule has 5 N–H and O–H groups in total. The molecule has 0 bridgehead atoms. The SMILES string of the molecule is CCNC(=NCCNS(=O)(=O)c1cccnc1)NC1CCN(CC(N)=O)CC1. The lowest BCUT2D eigenvalue weighted by atomic mass is 10.1. The molecule has 1 aliphatic heterocycles. The molecule has 0 spiro atoms. The lowest BCUT2D eigenvalue weighted by molar-refractivity contribution is -0.119. The zero-order valence-electron chi connectivity index (χ0n) is 16.1. The number of nitrogens with one attached hydrogen (secondary N) is 3. The Kier molecular flexibility index (Phi) is 8.61. The van der Waals surface area contributed by atoms with Crippen molar-refractivity contribution in [1.29, 1.82) is 0 Å². The predicted octanol–water partition coefficient (Wildman–Crippen LogP) is -1.14. The number of pyridine rings is 1. The van der Waals surface area contributed by atoms with Crippen LogP contribution < -0.4 is 21.1 Å². The molecule has 2 heterocycles. The minimum atomic E-state index is -3.58. The zero-order valence-corrected chi connectivity index (χ0v) is 16.9. The molecule has 0 saturated carbocycles. The van der Waals surface area contributed by atoms with Crippen molar-refractivity contribution in [2.75, 3.05) is 39.3 Å². The molecule has 1 fully saturated rings. The average molecular weight is 412 g/mol. The van der Waals surface area contributed by atoms with Crippen molar-refractivity contribution >= 4 is 21.9 Å². The van der Waals surface area contributed by atoms with Gasteiger partial charge in [0.2, 0.25) is 15.9 Å². The Bertz CT molecular complexity index is 747. The minimum absolute atomic E-state index is 0.131. The Morgan fingerprint density at radius 1 is 1.39 bits per heavy atom. The number of nitrogens with two attached hydrogens (primary N) is 1. The molecule has 1 amide bonds. The summed E-state index contributed by atoms with van der Waals surface area (Å²) in [5, 5.41) is 6.54. The van der Waals surface area contributed by atoms with Crippen LogP contribution in [0.1, 0.15) is 19.8 Å². The second kappa shape index (κ2) is 10.9. The molecule has 156 valence electrons. The van der Waals surface area contributed by atoms with Gasteiger partial charge in [-0.1, -0.05) is 0 Å². The summed E-state index contributed by atoms with van der Waals surface area (Å²) in [6, 6.07) is 3.32. The Labute approximate surface area is 166 Å². The van der Waals surface area contributed by atoms with Crippen LogP contribution >= 0.6 is 0 Å². The molecule has 28 heavy (non-hydrogen) atoms. The van der Waals surface area contributed by atoms with Crippen molar-refractivity contribution in [2.45, 2.75) is 30.7 Å². The number of guanidine groups is 1. The van der Waals surface area contributed by atoms with Crippen LogP contribution in [0.25, 0.3) is 0 Å². The lowest BCUT2D eigenvalue weighted by Crippen LogP contribution is -2.50. The van der Waals surface area contributed by atoms with Crippen LogP contribution in [0, 0.1) is 0 Å². The molecule has 0 aliphatic carbocycles. The van der Waals surface area contributed by atoms with E-state index in [1.165, 1.54) is 18.5 Å². The summed E-state index contributed by atoms with van der Waals surface area (Å²) in [4.78, 5) is 21.4. The normalized spacial score (nSPS) is 16.7. The number of hydrogen-bond donors (Lipinski definition) is 4. The number of carbonyl (C=O) groups is 1. The molecule has 1 aromatic rings. The third-order valence-corrected chi connectivity index (χ3v) is 5.72. The fraction of sp³-hybridized carbons (Fsp3) is 0.588. The monoisotopic (exact) mass is 411 g/mol. The van der Waals surface area contributed by atoms with Crippen LogP contribution in [0.4, 0.5) is 0 Å². The quantitative estimate of drug-likeness (QED) is 0.229. The number of likely N-dealkylation sites (tertiary alicyclic amines) is 1. The number of carbonyl (C=O) groups excluding carboxylic acids is 1. The number of aromatic nitrogens is 1. The van der Waals surface area contributed by atoms with Gasteiger partial charge in [-0.15, -0.1) is 0 Å². The highest BCUT2D eigenvalue weighted by Crippen LogP contribution is 2.09. The van der Waals surface area contributed by atoms with E-state index in [1.807, 2.05) is 11.8 Å². The number of sulfonamides is 1. The van der Waals surface area contributed by atoms with Crippen molar-refractivity contribution < 1.29 is 13.2 Å². The van der Waals surface area contributed by atoms with Gasteiger partial charge in [-0.3, -0.25) is 19.7 Å². The molecular formula is C17H29N7O3S. The van der Waals surface area contributed by atoms with E-state index < -0.39 is 10.0 Å². The minimum Gasteiger partial charge on any atom is -0.369 e. The molecule has 10 nitrogen and oxygen atoms in total. The first-order chi connectivity index (χ1) is 13.4. The fourth-order valence-corrected chi connectivity index (χ4v) is 3.89. The summed E-state index contributed by atoms with van der Waals surface area (Å²) in [5.41, 5.74) is 5.24. The third-order valence-electron chi connectivity index (χ3n) is 4.27. The largest absolute Gasteiger partial charge is 0.369 e. The van der Waals surface area contributed by atoms with Gasteiger partial charge in [0.25, 0.3) is 0 Å². The van der Waals surface area contributed by atoms with E-state index >= 15 is 0 Å². The van der Waals surface area contributed by atoms with Crippen LogP contribution in [0.2, 0.25) is 0 Å². The van der Waals surface area contributed by atoms with Crippen LogP contribution in [0.5, 0.6) is 0 Å². The number of aliphatic imine (C=N–C) groups is 1. The van der Waals surface area contributed by atoms with Gasteiger partial charge in [0.15, 0.2) is 5.96 Å². The second-order valence-electron chi connectivity index (χ2n) is 6.51. The number of amides is 1. The Morgan fingerprint density at radius 2 is 2.14 bits per heavy atom. The summed E-state index contributed by atoms with van der Waals surface area (Å²) in [6.07, 6.45) is 4.59. The van der Waals surface area contributed by atoms with Crippen molar-refractivity contribution in [3.63, 3.8) is 0 Å². The van der Waals surface area contributed by atoms with E-state index in [2.05, 4.69) is 25.3 Å². The van der Waals surface area contributed by atoms with Crippen LogP contribution in [0.15, 0.2) is 34.4 Å². The summed E-state index contributed by atoms with van der Waals surface area (Å²) < 4.78 is 26.8. The first-order valence-corrected chi connectivity index (χ1v) is 10.8. The first kappa shape index (κ1) is 22.1. The molecule has 0 unspecified atom stereocenters. The molecule has 1 aliphatic rings. The number of piperidine rings is 1. The molecule has 2 rings (SSSR count). The Balaban J connectivity index is 1.80. The molecule has 1 aromatic heterocycles. The lowest BCUT2D eigenvalue weighted by Gasteiger charge is -2.32. The molecule has 0 radical (unpaired) electrons. The highest BCUT2D eigenvalue weighted by Gasteiger charge is 2.20. The van der Waals surface area contributed by atoms with E-state index in [4.69, 9.17) is 5.73 Å². The van der Waals surface area contributed by atoms with Gasteiger partial charge in [0.1, 0.15) is 4.90 Å². The second-order valence-corrected chi connectivity index (χ2v) is 8.28. The van der Waals surface area contributed by atoms with Gasteiger partial charge < -0.3 is 16.4 Å². The Morgan fingerprint density at radius 3 is 2.75 bits per heavy atom. The average Bonchev–Trinajstić information content (AvgIpc) is 2.67. The number of rotatable bonds is 9. The van der Waals surface area contributed by atoms with Crippen molar-refractivity contribution in [1.82, 2.24) is 25.2 Å². The molecule has 11 heteroatoms. The van der Waals surface area contributed by atoms with E-state index in [9.17, 15) is 13.2 Å². The van der Waals surface area contributed by atoms with E-state index in [1.54, 1.807) is 6.07 Å². The molecule has 0 atom stereocenters. The van der Waals surface area contributed by atoms with Crippen molar-refractivity contribution in [3.05, 3.63) is 24.5 Å². The third kappa shape index (κ3) is 7.41. The Hall–Kier alpha value is -2.24. The molecular weight excluding hydrogens is 382 g/mol. The van der Waals surface area contributed by atoms with Gasteiger partial charge in [0, 0.05) is 44.6 Å². The van der Waals surface area contributed by atoms with Crippen LogP contribution in [-0.4, -0.2) is 75.5 Å².